The van der Waals surface area contributed by atoms with Gasteiger partial charge in [-0.1, -0.05) is 50.2 Å². The molecule has 0 saturated carbocycles. The molecule has 2 amide bonds. The van der Waals surface area contributed by atoms with E-state index in [-0.39, 0.29) is 11.4 Å². The number of nitrogens with zero attached hydrogens (tertiary/aromatic N) is 2. The summed E-state index contributed by atoms with van der Waals surface area (Å²) >= 11 is 0. The number of nitrogens with two attached hydrogens (primary N) is 1. The Labute approximate surface area is 186 Å². The third-order valence-electron chi connectivity index (χ3n) is 5.91. The van der Waals surface area contributed by atoms with Gasteiger partial charge in [0, 0.05) is 6.04 Å². The van der Waals surface area contributed by atoms with Crippen molar-refractivity contribution >= 4 is 16.1 Å². The molecule has 1 atom stereocenters. The first-order valence-electron chi connectivity index (χ1n) is 11.1. The van der Waals surface area contributed by atoms with Crippen molar-refractivity contribution in [3.8, 4) is 0 Å². The molecule has 0 aliphatic heterocycles. The van der Waals surface area contributed by atoms with Crippen molar-refractivity contribution in [1.29, 1.82) is 0 Å². The van der Waals surface area contributed by atoms with Gasteiger partial charge in [-0.2, -0.15) is 0 Å². The van der Waals surface area contributed by atoms with Crippen LogP contribution in [0.3, 0.4) is 0 Å². The molecule has 2 aromatic carbocycles. The number of sulfonamides is 1. The summed E-state index contributed by atoms with van der Waals surface area (Å²) in [5, 5.41) is 0. The summed E-state index contributed by atoms with van der Waals surface area (Å²) in [5.41, 5.74) is 8.80. The molecule has 0 bridgehead atoms. The molecule has 6 nitrogen and oxygen atoms in total. The summed E-state index contributed by atoms with van der Waals surface area (Å²) in [6.45, 7) is 6.54. The summed E-state index contributed by atoms with van der Waals surface area (Å²) < 4.78 is 26.7. The fraction of sp³-hybridized carbons (Fsp3) is 0.458. The lowest BCUT2D eigenvalue weighted by Gasteiger charge is -2.35. The maximum Gasteiger partial charge on any atom is 0.329 e. The van der Waals surface area contributed by atoms with Gasteiger partial charge in [-0.25, -0.2) is 17.5 Å². The molecule has 0 heterocycles. The number of aryl methyl sites for hydroxylation is 1. The lowest BCUT2D eigenvalue weighted by Crippen LogP contribution is -2.41. The molecule has 2 aromatic rings. The third kappa shape index (κ3) is 5.46. The van der Waals surface area contributed by atoms with Crippen molar-refractivity contribution in [3.05, 3.63) is 65.2 Å². The SMILES string of the molecule is CCCN(CCC)[C@@H]1CCc2ccc(CN(C(N)=O)S(=O)(=O)c3ccccc3)cc2C1. The molecule has 0 spiro atoms. The van der Waals surface area contributed by atoms with Crippen LogP contribution in [0.1, 0.15) is 49.8 Å². The van der Waals surface area contributed by atoms with E-state index in [1.54, 1.807) is 18.2 Å². The summed E-state index contributed by atoms with van der Waals surface area (Å²) in [6, 6.07) is 13.5. The molecular weight excluding hydrogens is 410 g/mol. The number of hydrogen-bond acceptors (Lipinski definition) is 4. The largest absolute Gasteiger partial charge is 0.351 e. The number of amides is 2. The zero-order chi connectivity index (χ0) is 22.4. The number of primary amides is 1. The Bertz CT molecular complexity index is 986. The molecule has 1 aliphatic carbocycles. The van der Waals surface area contributed by atoms with E-state index in [0.29, 0.717) is 6.04 Å². The first-order valence-corrected chi connectivity index (χ1v) is 12.5. The van der Waals surface area contributed by atoms with Gasteiger partial charge >= 0.3 is 6.03 Å². The van der Waals surface area contributed by atoms with E-state index in [1.807, 2.05) is 12.1 Å². The standard InChI is InChI=1S/C24H33N3O3S/c1-3-14-26(15-4-2)22-13-12-20-11-10-19(16-21(20)17-22)18-27(24(25)28)31(29,30)23-8-6-5-7-9-23/h5-11,16,22H,3-4,12-15,17-18H2,1-2H3,(H2,25,28)/t22-/m1/s1. The minimum absolute atomic E-state index is 0.0570. The first kappa shape index (κ1) is 23.3. The number of urea groups is 1. The summed E-state index contributed by atoms with van der Waals surface area (Å²) in [7, 11) is -4.01. The van der Waals surface area contributed by atoms with Gasteiger partial charge in [0.1, 0.15) is 0 Å². The average Bonchev–Trinajstić information content (AvgIpc) is 2.77. The fourth-order valence-corrected chi connectivity index (χ4v) is 5.73. The summed E-state index contributed by atoms with van der Waals surface area (Å²) in [6.07, 6.45) is 5.38. The van der Waals surface area contributed by atoms with E-state index < -0.39 is 16.1 Å². The molecule has 7 heteroatoms. The predicted molar refractivity (Wildman–Crippen MR) is 123 cm³/mol. The number of benzene rings is 2. The molecule has 0 fully saturated rings. The second-order valence-corrected chi connectivity index (χ2v) is 10.1. The van der Waals surface area contributed by atoms with Crippen LogP contribution in [0.15, 0.2) is 53.4 Å². The zero-order valence-corrected chi connectivity index (χ0v) is 19.3. The number of carbonyl (C=O) groups is 1. The quantitative estimate of drug-likeness (QED) is 0.636. The average molecular weight is 444 g/mol. The van der Waals surface area contributed by atoms with Crippen molar-refractivity contribution in [2.45, 2.75) is 63.4 Å². The van der Waals surface area contributed by atoms with Crippen LogP contribution in [0.5, 0.6) is 0 Å². The second kappa shape index (κ2) is 10.3. The second-order valence-electron chi connectivity index (χ2n) is 8.20. The van der Waals surface area contributed by atoms with Gasteiger partial charge in [-0.3, -0.25) is 0 Å². The normalized spacial score (nSPS) is 16.2. The Balaban J connectivity index is 1.83. The summed E-state index contributed by atoms with van der Waals surface area (Å²) in [4.78, 5) is 14.7. The molecule has 2 N–H and O–H groups in total. The van der Waals surface area contributed by atoms with E-state index in [0.717, 1.165) is 55.1 Å². The first-order chi connectivity index (χ1) is 14.9. The topological polar surface area (TPSA) is 83.7 Å². The van der Waals surface area contributed by atoms with Crippen molar-refractivity contribution in [2.24, 2.45) is 5.73 Å². The van der Waals surface area contributed by atoms with Gasteiger partial charge in [-0.05, 0) is 74.0 Å². The number of carbonyl (C=O) groups excluding carboxylic acids is 1. The monoisotopic (exact) mass is 443 g/mol. The smallest absolute Gasteiger partial charge is 0.329 e. The van der Waals surface area contributed by atoms with Crippen molar-refractivity contribution in [3.63, 3.8) is 0 Å². The van der Waals surface area contributed by atoms with Crippen LogP contribution in [0.4, 0.5) is 4.79 Å². The van der Waals surface area contributed by atoms with E-state index in [1.165, 1.54) is 23.3 Å². The third-order valence-corrected chi connectivity index (χ3v) is 7.67. The van der Waals surface area contributed by atoms with Gasteiger partial charge in [0.15, 0.2) is 0 Å². The van der Waals surface area contributed by atoms with Gasteiger partial charge in [0.05, 0.1) is 11.4 Å². The highest BCUT2D eigenvalue weighted by Gasteiger charge is 2.29. The maximum atomic E-state index is 13.0. The summed E-state index contributed by atoms with van der Waals surface area (Å²) in [5.74, 6) is 0. The van der Waals surface area contributed by atoms with Gasteiger partial charge in [0.25, 0.3) is 10.0 Å². The Morgan fingerprint density at radius 2 is 1.71 bits per heavy atom. The number of hydrogen-bond donors (Lipinski definition) is 1. The minimum atomic E-state index is -4.01. The Morgan fingerprint density at radius 3 is 2.32 bits per heavy atom. The zero-order valence-electron chi connectivity index (χ0n) is 18.5. The molecule has 0 radical (unpaired) electrons. The Morgan fingerprint density at radius 1 is 1.03 bits per heavy atom. The predicted octanol–water partition coefficient (Wildman–Crippen LogP) is 3.94. The van der Waals surface area contributed by atoms with Crippen LogP contribution in [0, 0.1) is 0 Å². The van der Waals surface area contributed by atoms with E-state index in [4.69, 9.17) is 5.73 Å². The molecule has 0 aromatic heterocycles. The van der Waals surface area contributed by atoms with Crippen LogP contribution < -0.4 is 5.73 Å². The molecule has 168 valence electrons. The Kier molecular flexibility index (Phi) is 7.73. The lowest BCUT2D eigenvalue weighted by molar-refractivity contribution is 0.180. The van der Waals surface area contributed by atoms with Crippen LogP contribution in [-0.4, -0.2) is 42.8 Å². The highest BCUT2D eigenvalue weighted by atomic mass is 32.2. The molecular formula is C24H33N3O3S. The maximum absolute atomic E-state index is 13.0. The highest BCUT2D eigenvalue weighted by molar-refractivity contribution is 7.89. The number of rotatable bonds is 9. The Hall–Kier alpha value is -2.38. The molecule has 0 saturated heterocycles. The van der Waals surface area contributed by atoms with E-state index in [9.17, 15) is 13.2 Å². The highest BCUT2D eigenvalue weighted by Crippen LogP contribution is 2.27. The van der Waals surface area contributed by atoms with Crippen LogP contribution in [-0.2, 0) is 29.4 Å². The molecule has 31 heavy (non-hydrogen) atoms. The van der Waals surface area contributed by atoms with Crippen molar-refractivity contribution in [2.75, 3.05) is 13.1 Å². The van der Waals surface area contributed by atoms with Gasteiger partial charge in [0.2, 0.25) is 0 Å². The van der Waals surface area contributed by atoms with Gasteiger partial charge in [-0.15, -0.1) is 0 Å². The van der Waals surface area contributed by atoms with E-state index >= 15 is 0 Å². The van der Waals surface area contributed by atoms with Crippen molar-refractivity contribution in [1.82, 2.24) is 9.21 Å². The molecule has 1 aliphatic rings. The van der Waals surface area contributed by atoms with Gasteiger partial charge < -0.3 is 10.6 Å². The lowest BCUT2D eigenvalue weighted by atomic mass is 9.86. The number of fused-ring (bicyclic) bond motifs is 1. The van der Waals surface area contributed by atoms with Crippen LogP contribution >= 0.6 is 0 Å². The fourth-order valence-electron chi connectivity index (χ4n) is 4.42. The van der Waals surface area contributed by atoms with E-state index in [2.05, 4.69) is 24.8 Å². The molecule has 3 rings (SSSR count). The van der Waals surface area contributed by atoms with Crippen LogP contribution in [0.25, 0.3) is 0 Å². The minimum Gasteiger partial charge on any atom is -0.351 e. The van der Waals surface area contributed by atoms with Crippen molar-refractivity contribution < 1.29 is 13.2 Å². The molecule has 0 unspecified atom stereocenters. The van der Waals surface area contributed by atoms with Crippen LogP contribution in [0.2, 0.25) is 0 Å².